The summed E-state index contributed by atoms with van der Waals surface area (Å²) in [6.45, 7) is 3.50. The van der Waals surface area contributed by atoms with Crippen LogP contribution < -0.4 is 4.90 Å². The number of rotatable bonds is 3. The molecule has 0 saturated carbocycles. The van der Waals surface area contributed by atoms with E-state index in [9.17, 15) is 4.79 Å². The molecule has 0 bridgehead atoms. The fourth-order valence-electron chi connectivity index (χ4n) is 3.57. The number of hydrogen-bond acceptors (Lipinski definition) is 5. The fraction of sp³-hybridized carbons (Fsp3) is 0.529. The molecule has 7 nitrogen and oxygen atoms in total. The van der Waals surface area contributed by atoms with E-state index < -0.39 is 0 Å². The Balaban J connectivity index is 1.44. The molecule has 0 radical (unpaired) electrons. The first-order valence-corrected chi connectivity index (χ1v) is 8.68. The Morgan fingerprint density at radius 3 is 2.67 bits per heavy atom. The number of carbonyl (C=O) groups is 1. The largest absolute Gasteiger partial charge is 0.355 e. The highest BCUT2D eigenvalue weighted by atomic mass is 16.2. The Kier molecular flexibility index (Phi) is 4.15. The van der Waals surface area contributed by atoms with Gasteiger partial charge >= 0.3 is 0 Å². The lowest BCUT2D eigenvalue weighted by molar-refractivity contribution is 0.0666. The van der Waals surface area contributed by atoms with E-state index in [2.05, 4.69) is 20.2 Å². The van der Waals surface area contributed by atoms with Crippen LogP contribution in [-0.2, 0) is 0 Å². The number of likely N-dealkylation sites (tertiary alicyclic amines) is 1. The number of anilines is 1. The highest BCUT2D eigenvalue weighted by Crippen LogP contribution is 2.22. The molecular weight excluding hydrogens is 304 g/mol. The molecule has 126 valence electrons. The lowest BCUT2D eigenvalue weighted by Gasteiger charge is -2.32. The second-order valence-corrected chi connectivity index (χ2v) is 6.50. The van der Waals surface area contributed by atoms with E-state index in [1.54, 1.807) is 12.3 Å². The average Bonchev–Trinajstić information content (AvgIpc) is 3.35. The summed E-state index contributed by atoms with van der Waals surface area (Å²) < 4.78 is 1.95. The zero-order valence-electron chi connectivity index (χ0n) is 13.7. The normalized spacial score (nSPS) is 21.2. The second-order valence-electron chi connectivity index (χ2n) is 6.50. The maximum absolute atomic E-state index is 12.7. The molecule has 1 atom stereocenters. The van der Waals surface area contributed by atoms with E-state index in [-0.39, 0.29) is 11.9 Å². The average molecular weight is 326 g/mol. The number of hydrogen-bond donors (Lipinski definition) is 0. The van der Waals surface area contributed by atoms with Gasteiger partial charge in [0.2, 0.25) is 0 Å². The first kappa shape index (κ1) is 15.1. The summed E-state index contributed by atoms with van der Waals surface area (Å²) in [6.07, 6.45) is 8.17. The topological polar surface area (TPSA) is 67.2 Å². The van der Waals surface area contributed by atoms with E-state index in [4.69, 9.17) is 0 Å². The predicted molar refractivity (Wildman–Crippen MR) is 89.9 cm³/mol. The van der Waals surface area contributed by atoms with E-state index >= 15 is 0 Å². The monoisotopic (exact) mass is 326 g/mol. The first-order valence-electron chi connectivity index (χ1n) is 8.68. The van der Waals surface area contributed by atoms with Crippen LogP contribution in [0.5, 0.6) is 0 Å². The Hall–Kier alpha value is -2.44. The van der Waals surface area contributed by atoms with Crippen LogP contribution in [0.1, 0.15) is 42.2 Å². The summed E-state index contributed by atoms with van der Waals surface area (Å²) in [5.74, 6) is 0.837. The molecule has 0 N–H and O–H groups in total. The zero-order chi connectivity index (χ0) is 16.4. The van der Waals surface area contributed by atoms with Crippen molar-refractivity contribution in [1.82, 2.24) is 24.9 Å². The van der Waals surface area contributed by atoms with Crippen LogP contribution in [0.25, 0.3) is 0 Å². The number of aromatic nitrogens is 4. The quantitative estimate of drug-likeness (QED) is 0.859. The van der Waals surface area contributed by atoms with Crippen LogP contribution >= 0.6 is 0 Å². The molecule has 1 amide bonds. The minimum Gasteiger partial charge on any atom is -0.355 e. The summed E-state index contributed by atoms with van der Waals surface area (Å²) >= 11 is 0. The summed E-state index contributed by atoms with van der Waals surface area (Å²) in [4.78, 5) is 16.8. The van der Waals surface area contributed by atoms with Gasteiger partial charge in [-0.1, -0.05) is 0 Å². The summed E-state index contributed by atoms with van der Waals surface area (Å²) in [7, 11) is 0. The Morgan fingerprint density at radius 2 is 1.96 bits per heavy atom. The number of nitrogens with zero attached hydrogens (tertiary/aromatic N) is 6. The van der Waals surface area contributed by atoms with Crippen molar-refractivity contribution in [3.8, 4) is 0 Å². The molecule has 4 heterocycles. The molecule has 2 aromatic heterocycles. The maximum atomic E-state index is 12.7. The first-order chi connectivity index (χ1) is 11.8. The van der Waals surface area contributed by atoms with Gasteiger partial charge in [0, 0.05) is 38.6 Å². The molecule has 0 aromatic carbocycles. The van der Waals surface area contributed by atoms with Gasteiger partial charge < -0.3 is 9.80 Å². The molecule has 2 saturated heterocycles. The van der Waals surface area contributed by atoms with Crippen molar-refractivity contribution in [3.63, 3.8) is 0 Å². The molecule has 2 aromatic rings. The van der Waals surface area contributed by atoms with Gasteiger partial charge in [-0.2, -0.15) is 5.10 Å². The van der Waals surface area contributed by atoms with E-state index in [1.165, 1.54) is 12.8 Å². The summed E-state index contributed by atoms with van der Waals surface area (Å²) in [5, 5.41) is 12.7. The Morgan fingerprint density at radius 1 is 1.08 bits per heavy atom. The standard InChI is InChI=1S/C17H22N6O/c24-17(15-6-7-16(20-19-15)21-9-1-2-10-21)22-11-3-5-14(13-22)23-12-4-8-18-23/h4,6-8,12,14H,1-3,5,9-11,13H2/t14-/m1/s1. The molecule has 0 aliphatic carbocycles. The van der Waals surface area contributed by atoms with E-state index in [1.807, 2.05) is 27.9 Å². The van der Waals surface area contributed by atoms with E-state index in [0.29, 0.717) is 12.2 Å². The molecule has 0 unspecified atom stereocenters. The van der Waals surface area contributed by atoms with Crippen LogP contribution in [0.2, 0.25) is 0 Å². The smallest absolute Gasteiger partial charge is 0.274 e. The predicted octanol–water partition coefficient (Wildman–Crippen LogP) is 1.75. The molecular formula is C17H22N6O. The minimum absolute atomic E-state index is 0.0349. The van der Waals surface area contributed by atoms with Gasteiger partial charge in [0.1, 0.15) is 0 Å². The molecule has 4 rings (SSSR count). The van der Waals surface area contributed by atoms with Crippen molar-refractivity contribution in [2.24, 2.45) is 0 Å². The molecule has 24 heavy (non-hydrogen) atoms. The van der Waals surface area contributed by atoms with Gasteiger partial charge in [-0.25, -0.2) is 0 Å². The SMILES string of the molecule is O=C(c1ccc(N2CCCC2)nn1)N1CCC[C@@H](n2cccn2)C1. The van der Waals surface area contributed by atoms with Crippen molar-refractivity contribution in [1.29, 1.82) is 0 Å². The molecule has 7 heteroatoms. The molecule has 2 fully saturated rings. The van der Waals surface area contributed by atoms with Gasteiger partial charge in [0.05, 0.1) is 6.04 Å². The molecule has 2 aliphatic heterocycles. The fourth-order valence-corrected chi connectivity index (χ4v) is 3.57. The van der Waals surface area contributed by atoms with Gasteiger partial charge in [0.15, 0.2) is 11.5 Å². The van der Waals surface area contributed by atoms with Gasteiger partial charge in [0.25, 0.3) is 5.91 Å². The molecule has 0 spiro atoms. The van der Waals surface area contributed by atoms with Crippen molar-refractivity contribution >= 4 is 11.7 Å². The summed E-state index contributed by atoms with van der Waals surface area (Å²) in [5.41, 5.74) is 0.430. The lowest BCUT2D eigenvalue weighted by Crippen LogP contribution is -2.41. The second kappa shape index (κ2) is 6.59. The van der Waals surface area contributed by atoms with Gasteiger partial charge in [-0.15, -0.1) is 10.2 Å². The number of carbonyl (C=O) groups excluding carboxylic acids is 1. The van der Waals surface area contributed by atoms with Crippen LogP contribution in [0.4, 0.5) is 5.82 Å². The third-order valence-electron chi connectivity index (χ3n) is 4.88. The minimum atomic E-state index is -0.0349. The highest BCUT2D eigenvalue weighted by molar-refractivity contribution is 5.92. The van der Waals surface area contributed by atoms with E-state index in [0.717, 1.165) is 38.3 Å². The van der Waals surface area contributed by atoms with Crippen LogP contribution in [0.15, 0.2) is 30.6 Å². The van der Waals surface area contributed by atoms with Crippen molar-refractivity contribution in [2.75, 3.05) is 31.1 Å². The Labute approximate surface area is 141 Å². The maximum Gasteiger partial charge on any atom is 0.274 e. The van der Waals surface area contributed by atoms with Crippen molar-refractivity contribution < 1.29 is 4.79 Å². The van der Waals surface area contributed by atoms with Crippen LogP contribution in [0, 0.1) is 0 Å². The van der Waals surface area contributed by atoms with Gasteiger partial charge in [-0.3, -0.25) is 9.48 Å². The Bertz CT molecular complexity index is 678. The number of piperidine rings is 1. The van der Waals surface area contributed by atoms with Crippen molar-refractivity contribution in [2.45, 2.75) is 31.7 Å². The molecule has 2 aliphatic rings. The lowest BCUT2D eigenvalue weighted by atomic mass is 10.1. The number of amides is 1. The van der Waals surface area contributed by atoms with Crippen LogP contribution in [-0.4, -0.2) is 57.0 Å². The third-order valence-corrected chi connectivity index (χ3v) is 4.88. The van der Waals surface area contributed by atoms with Crippen molar-refractivity contribution in [3.05, 3.63) is 36.3 Å². The zero-order valence-corrected chi connectivity index (χ0v) is 13.7. The third kappa shape index (κ3) is 2.98. The summed E-state index contributed by atoms with van der Waals surface area (Å²) in [6, 6.07) is 5.89. The van der Waals surface area contributed by atoms with Gasteiger partial charge in [-0.05, 0) is 43.9 Å². The highest BCUT2D eigenvalue weighted by Gasteiger charge is 2.26. The van der Waals surface area contributed by atoms with Crippen LogP contribution in [0.3, 0.4) is 0 Å².